The van der Waals surface area contributed by atoms with Crippen molar-refractivity contribution in [2.24, 2.45) is 0 Å². The van der Waals surface area contributed by atoms with Crippen LogP contribution in [-0.2, 0) is 0 Å². The first-order valence-corrected chi connectivity index (χ1v) is 10.2. The molecule has 0 bridgehead atoms. The van der Waals surface area contributed by atoms with Crippen LogP contribution < -0.4 is 17.0 Å². The average Bonchev–Trinajstić information content (AvgIpc) is 2.37. The van der Waals surface area contributed by atoms with Gasteiger partial charge in [0.1, 0.15) is 0 Å². The lowest BCUT2D eigenvalue weighted by Gasteiger charge is -2.24. The predicted molar refractivity (Wildman–Crippen MR) is 85.7 cm³/mol. The molecule has 0 heterocycles. The fourth-order valence-corrected chi connectivity index (χ4v) is 6.92. The van der Waals surface area contributed by atoms with Gasteiger partial charge in [-0.1, -0.05) is 47.0 Å². The highest BCUT2D eigenvalue weighted by Gasteiger charge is 2.32. The molecule has 0 aromatic carbocycles. The van der Waals surface area contributed by atoms with Gasteiger partial charge in [-0.25, -0.2) is 0 Å². The van der Waals surface area contributed by atoms with Gasteiger partial charge in [0.15, 0.2) is 0 Å². The molecule has 0 aliphatic rings. The molecule has 0 N–H and O–H groups in total. The summed E-state index contributed by atoms with van der Waals surface area (Å²) in [5, 5.41) is 0. The minimum Gasteiger partial charge on any atom is -1.00 e. The van der Waals surface area contributed by atoms with E-state index in [0.29, 0.717) is 0 Å². The van der Waals surface area contributed by atoms with Crippen molar-refractivity contribution in [3.8, 4) is 0 Å². The molecular formula is C16H34BrP. The van der Waals surface area contributed by atoms with Gasteiger partial charge in [-0.15, -0.1) is 0 Å². The van der Waals surface area contributed by atoms with Crippen molar-refractivity contribution in [3.05, 3.63) is 11.9 Å². The maximum absolute atomic E-state index is 2.67. The van der Waals surface area contributed by atoms with Gasteiger partial charge in [0.25, 0.3) is 0 Å². The van der Waals surface area contributed by atoms with Gasteiger partial charge >= 0.3 is 0 Å². The van der Waals surface area contributed by atoms with Crippen LogP contribution in [-0.4, -0.2) is 18.5 Å². The Bertz CT molecular complexity index is 168. The second-order valence-electron chi connectivity index (χ2n) is 5.24. The van der Waals surface area contributed by atoms with E-state index in [-0.39, 0.29) is 17.0 Å². The largest absolute Gasteiger partial charge is 1.00 e. The summed E-state index contributed by atoms with van der Waals surface area (Å²) in [5.41, 5.74) is 0. The number of unbranched alkanes of at least 4 members (excludes halogenated alkanes) is 3. The molecule has 0 aromatic heterocycles. The lowest BCUT2D eigenvalue weighted by atomic mass is 10.4. The first-order chi connectivity index (χ1) is 8.24. The molecule has 0 saturated carbocycles. The summed E-state index contributed by atoms with van der Waals surface area (Å²) in [4.78, 5) is 0. The second kappa shape index (κ2) is 14.1. The number of rotatable bonds is 11. The number of hydrogen-bond acceptors (Lipinski definition) is 0. The number of allylic oxidation sites excluding steroid dienone is 1. The van der Waals surface area contributed by atoms with E-state index < -0.39 is 7.26 Å². The topological polar surface area (TPSA) is 0 Å². The Kier molecular flexibility index (Phi) is 16.4. The second-order valence-corrected chi connectivity index (χ2v) is 9.32. The monoisotopic (exact) mass is 336 g/mol. The Morgan fingerprint density at radius 2 is 1.11 bits per heavy atom. The van der Waals surface area contributed by atoms with Crippen LogP contribution in [0.3, 0.4) is 0 Å². The lowest BCUT2D eigenvalue weighted by Crippen LogP contribution is -3.00. The van der Waals surface area contributed by atoms with Gasteiger partial charge in [0, 0.05) is 7.26 Å². The smallest absolute Gasteiger partial charge is 0.0635 e. The van der Waals surface area contributed by atoms with Crippen LogP contribution in [0.15, 0.2) is 11.9 Å². The molecule has 0 saturated heterocycles. The third-order valence-corrected chi connectivity index (χ3v) is 7.99. The summed E-state index contributed by atoms with van der Waals surface area (Å²) in [6.07, 6.45) is 16.6. The van der Waals surface area contributed by atoms with Crippen LogP contribution in [0.1, 0.15) is 72.6 Å². The zero-order valence-corrected chi connectivity index (χ0v) is 15.5. The zero-order chi connectivity index (χ0) is 13.0. The molecule has 0 radical (unpaired) electrons. The van der Waals surface area contributed by atoms with E-state index in [0.717, 1.165) is 0 Å². The molecule has 0 rings (SSSR count). The normalized spacial score (nSPS) is 11.8. The summed E-state index contributed by atoms with van der Waals surface area (Å²) in [5.74, 6) is 2.67. The maximum atomic E-state index is 2.67. The van der Waals surface area contributed by atoms with E-state index in [4.69, 9.17) is 0 Å². The molecule has 0 unspecified atom stereocenters. The zero-order valence-electron chi connectivity index (χ0n) is 13.1. The molecule has 0 aromatic rings. The van der Waals surface area contributed by atoms with Crippen molar-refractivity contribution in [3.63, 3.8) is 0 Å². The fourth-order valence-electron chi connectivity index (χ4n) is 2.31. The number of halogens is 1. The van der Waals surface area contributed by atoms with Gasteiger partial charge in [-0.3, -0.25) is 0 Å². The molecule has 2 heteroatoms. The van der Waals surface area contributed by atoms with Gasteiger partial charge in [0.2, 0.25) is 0 Å². The highest BCUT2D eigenvalue weighted by atomic mass is 79.9. The van der Waals surface area contributed by atoms with Crippen LogP contribution >= 0.6 is 7.26 Å². The van der Waals surface area contributed by atoms with Crippen LogP contribution in [0.25, 0.3) is 0 Å². The molecule has 0 aliphatic carbocycles. The Labute approximate surface area is 127 Å². The molecule has 0 nitrogen and oxygen atoms in total. The van der Waals surface area contributed by atoms with E-state index in [1.165, 1.54) is 63.4 Å². The first-order valence-electron chi connectivity index (χ1n) is 7.78. The minimum absolute atomic E-state index is 0. The third kappa shape index (κ3) is 9.56. The van der Waals surface area contributed by atoms with Gasteiger partial charge in [0.05, 0.1) is 24.3 Å². The molecule has 18 heavy (non-hydrogen) atoms. The van der Waals surface area contributed by atoms with Gasteiger partial charge in [-0.2, -0.15) is 0 Å². The summed E-state index contributed by atoms with van der Waals surface area (Å²) in [6.45, 7) is 9.26. The molecule has 0 fully saturated rings. The number of hydrogen-bond donors (Lipinski definition) is 0. The Hall–Kier alpha value is 0.650. The van der Waals surface area contributed by atoms with Crippen LogP contribution in [0.5, 0.6) is 0 Å². The SMILES string of the molecule is CCC=C[P+](CCCC)(CCCC)CCCC.[Br-]. The standard InChI is InChI=1S/C16H34P.BrH/c1-5-9-13-17(14-10-6-2,15-11-7-3)16-12-8-4;/h9,13H,5-8,10-12,14-16H2,1-4H3;1H/q+1;/p-1. The van der Waals surface area contributed by atoms with E-state index in [1.807, 2.05) is 0 Å². The van der Waals surface area contributed by atoms with E-state index in [1.54, 1.807) is 0 Å². The third-order valence-electron chi connectivity index (χ3n) is 3.53. The van der Waals surface area contributed by atoms with Crippen LogP contribution in [0.2, 0.25) is 0 Å². The predicted octanol–water partition coefficient (Wildman–Crippen LogP) is 3.33. The summed E-state index contributed by atoms with van der Waals surface area (Å²) < 4.78 is 0. The summed E-state index contributed by atoms with van der Waals surface area (Å²) in [6, 6.07) is 0. The van der Waals surface area contributed by atoms with Crippen LogP contribution in [0, 0.1) is 0 Å². The molecule has 110 valence electrons. The molecule has 0 spiro atoms. The Morgan fingerprint density at radius 3 is 1.39 bits per heavy atom. The lowest BCUT2D eigenvalue weighted by molar-refractivity contribution is -0.00000396. The van der Waals surface area contributed by atoms with Gasteiger partial charge in [-0.05, 0) is 31.8 Å². The highest BCUT2D eigenvalue weighted by molar-refractivity contribution is 7.78. The quantitative estimate of drug-likeness (QED) is 0.507. The molecular weight excluding hydrogens is 303 g/mol. The molecule has 0 amide bonds. The first kappa shape index (κ1) is 21.0. The average molecular weight is 337 g/mol. The van der Waals surface area contributed by atoms with Crippen molar-refractivity contribution < 1.29 is 17.0 Å². The fraction of sp³-hybridized carbons (Fsp3) is 0.875. The maximum Gasteiger partial charge on any atom is 0.0635 e. The van der Waals surface area contributed by atoms with Crippen molar-refractivity contribution in [1.82, 2.24) is 0 Å². The summed E-state index contributed by atoms with van der Waals surface area (Å²) >= 11 is 0. The minimum atomic E-state index is -0.743. The Morgan fingerprint density at radius 1 is 0.722 bits per heavy atom. The van der Waals surface area contributed by atoms with E-state index in [9.17, 15) is 0 Å². The highest BCUT2D eigenvalue weighted by Crippen LogP contribution is 2.62. The molecule has 0 aliphatic heterocycles. The summed E-state index contributed by atoms with van der Waals surface area (Å²) in [7, 11) is -0.743. The van der Waals surface area contributed by atoms with E-state index >= 15 is 0 Å². The Balaban J connectivity index is 0. The van der Waals surface area contributed by atoms with Gasteiger partial charge < -0.3 is 17.0 Å². The molecule has 0 atom stereocenters. The van der Waals surface area contributed by atoms with Crippen molar-refractivity contribution >= 4 is 7.26 Å². The van der Waals surface area contributed by atoms with Crippen LogP contribution in [0.4, 0.5) is 0 Å². The van der Waals surface area contributed by atoms with Crippen molar-refractivity contribution in [2.45, 2.75) is 72.6 Å². The van der Waals surface area contributed by atoms with Crippen molar-refractivity contribution in [2.75, 3.05) is 18.5 Å². The van der Waals surface area contributed by atoms with Crippen molar-refractivity contribution in [1.29, 1.82) is 0 Å². The van der Waals surface area contributed by atoms with E-state index in [2.05, 4.69) is 39.6 Å².